The summed E-state index contributed by atoms with van der Waals surface area (Å²) in [7, 11) is 0. The molecule has 21 heavy (non-hydrogen) atoms. The molecule has 3 nitrogen and oxygen atoms in total. The maximum absolute atomic E-state index is 12.1. The summed E-state index contributed by atoms with van der Waals surface area (Å²) < 4.78 is 0. The lowest BCUT2D eigenvalue weighted by Crippen LogP contribution is -2.09. The minimum atomic E-state index is -0.0486. The minimum Gasteiger partial charge on any atom is -0.507 e. The number of nitrogens with one attached hydrogen (secondary N) is 1. The predicted molar refractivity (Wildman–Crippen MR) is 86.2 cm³/mol. The zero-order chi connectivity index (χ0) is 15.4. The maximum atomic E-state index is 12.1. The van der Waals surface area contributed by atoms with E-state index in [1.165, 1.54) is 11.1 Å². The summed E-state index contributed by atoms with van der Waals surface area (Å²) in [5.41, 5.74) is 4.86. The van der Waals surface area contributed by atoms with Crippen LogP contribution in [-0.2, 0) is 0 Å². The van der Waals surface area contributed by atoms with Crippen molar-refractivity contribution in [3.05, 3.63) is 58.7 Å². The van der Waals surface area contributed by atoms with Crippen LogP contribution in [0.4, 0.5) is 5.69 Å². The van der Waals surface area contributed by atoms with Crippen molar-refractivity contribution in [3.8, 4) is 5.75 Å². The highest BCUT2D eigenvalue weighted by Crippen LogP contribution is 2.20. The van der Waals surface area contributed by atoms with E-state index in [2.05, 4.69) is 31.3 Å². The molecule has 2 aromatic carbocycles. The Labute approximate surface area is 125 Å². The minimum absolute atomic E-state index is 0.0486. The number of Topliss-reactive ketones (excluding diaryl/α,β-unsaturated/α-hetero) is 1. The fraction of sp³-hybridized carbons (Fsp3) is 0.278. The number of aromatic hydroxyl groups is 1. The van der Waals surface area contributed by atoms with E-state index in [-0.39, 0.29) is 11.5 Å². The molecule has 0 atom stereocenters. The van der Waals surface area contributed by atoms with E-state index in [1.54, 1.807) is 18.2 Å². The van der Waals surface area contributed by atoms with E-state index in [0.717, 1.165) is 11.3 Å². The van der Waals surface area contributed by atoms with Gasteiger partial charge in [0.05, 0.1) is 5.56 Å². The van der Waals surface area contributed by atoms with Crippen LogP contribution in [0.15, 0.2) is 36.4 Å². The summed E-state index contributed by atoms with van der Waals surface area (Å²) in [5, 5.41) is 13.0. The van der Waals surface area contributed by atoms with Gasteiger partial charge in [0.2, 0.25) is 0 Å². The molecule has 0 fully saturated rings. The van der Waals surface area contributed by atoms with E-state index < -0.39 is 0 Å². The number of hydrogen-bond acceptors (Lipinski definition) is 3. The number of aryl methyl sites for hydroxylation is 3. The van der Waals surface area contributed by atoms with Crippen molar-refractivity contribution >= 4 is 11.5 Å². The summed E-state index contributed by atoms with van der Waals surface area (Å²) in [6.07, 6.45) is 0.351. The van der Waals surface area contributed by atoms with E-state index >= 15 is 0 Å². The zero-order valence-electron chi connectivity index (χ0n) is 12.7. The van der Waals surface area contributed by atoms with Crippen LogP contribution in [-0.4, -0.2) is 17.4 Å². The first kappa shape index (κ1) is 15.1. The van der Waals surface area contributed by atoms with Gasteiger partial charge >= 0.3 is 0 Å². The fourth-order valence-corrected chi connectivity index (χ4v) is 2.18. The SMILES string of the molecule is Cc1ccc(O)c(C(=O)CCNc2ccc(C)c(C)c2)c1. The highest BCUT2D eigenvalue weighted by molar-refractivity contribution is 5.98. The third-order valence-corrected chi connectivity index (χ3v) is 3.64. The van der Waals surface area contributed by atoms with Crippen molar-refractivity contribution in [1.82, 2.24) is 0 Å². The Bertz CT molecular complexity index is 662. The van der Waals surface area contributed by atoms with Crippen molar-refractivity contribution in [2.24, 2.45) is 0 Å². The van der Waals surface area contributed by atoms with Crippen LogP contribution in [0, 0.1) is 20.8 Å². The summed E-state index contributed by atoms with van der Waals surface area (Å²) in [6, 6.07) is 11.2. The van der Waals surface area contributed by atoms with Crippen molar-refractivity contribution in [2.75, 3.05) is 11.9 Å². The molecule has 0 unspecified atom stereocenters. The van der Waals surface area contributed by atoms with Crippen molar-refractivity contribution in [2.45, 2.75) is 27.2 Å². The Morgan fingerprint density at radius 2 is 1.81 bits per heavy atom. The molecule has 2 aromatic rings. The van der Waals surface area contributed by atoms with Gasteiger partial charge in [0.1, 0.15) is 5.75 Å². The number of rotatable bonds is 5. The smallest absolute Gasteiger partial charge is 0.168 e. The number of carbonyl (C=O) groups excluding carboxylic acids is 1. The topological polar surface area (TPSA) is 49.3 Å². The van der Waals surface area contributed by atoms with Gasteiger partial charge in [-0.2, -0.15) is 0 Å². The molecule has 0 saturated carbocycles. The number of benzene rings is 2. The number of anilines is 1. The first-order valence-electron chi connectivity index (χ1n) is 7.11. The molecule has 2 N–H and O–H groups in total. The molecule has 2 rings (SSSR count). The molecule has 0 heterocycles. The van der Waals surface area contributed by atoms with E-state index in [9.17, 15) is 9.90 Å². The molecule has 0 radical (unpaired) electrons. The highest BCUT2D eigenvalue weighted by atomic mass is 16.3. The fourth-order valence-electron chi connectivity index (χ4n) is 2.18. The summed E-state index contributed by atoms with van der Waals surface area (Å²) in [4.78, 5) is 12.1. The van der Waals surface area contributed by atoms with Gasteiger partial charge in [-0.3, -0.25) is 4.79 Å². The van der Waals surface area contributed by atoms with Gasteiger partial charge in [-0.1, -0.05) is 17.7 Å². The first-order chi connectivity index (χ1) is 9.97. The molecular weight excluding hydrogens is 262 g/mol. The highest BCUT2D eigenvalue weighted by Gasteiger charge is 2.10. The monoisotopic (exact) mass is 283 g/mol. The summed E-state index contributed by atoms with van der Waals surface area (Å²) in [6.45, 7) is 6.60. The molecule has 0 aliphatic heterocycles. The molecular formula is C18H21NO2. The summed E-state index contributed by atoms with van der Waals surface area (Å²) in [5.74, 6) is 0.00399. The van der Waals surface area contributed by atoms with E-state index in [4.69, 9.17) is 0 Å². The predicted octanol–water partition coefficient (Wildman–Crippen LogP) is 4.00. The lowest BCUT2D eigenvalue weighted by Gasteiger charge is -2.09. The molecule has 0 aliphatic carbocycles. The number of phenolic OH excluding ortho intramolecular Hbond substituents is 1. The third kappa shape index (κ3) is 3.85. The van der Waals surface area contributed by atoms with Gasteiger partial charge < -0.3 is 10.4 Å². The Morgan fingerprint density at radius 1 is 1.05 bits per heavy atom. The maximum Gasteiger partial charge on any atom is 0.168 e. The molecule has 0 bridgehead atoms. The van der Waals surface area contributed by atoms with Gasteiger partial charge in [0.25, 0.3) is 0 Å². The quantitative estimate of drug-likeness (QED) is 0.815. The van der Waals surface area contributed by atoms with Crippen LogP contribution < -0.4 is 5.32 Å². The molecule has 0 saturated heterocycles. The van der Waals surface area contributed by atoms with Gasteiger partial charge in [0, 0.05) is 18.7 Å². The lowest BCUT2D eigenvalue weighted by molar-refractivity contribution is 0.0984. The van der Waals surface area contributed by atoms with Gasteiger partial charge in [-0.05, 0) is 56.2 Å². The Morgan fingerprint density at radius 3 is 2.52 bits per heavy atom. The van der Waals surface area contributed by atoms with Crippen LogP contribution in [0.1, 0.15) is 33.5 Å². The number of hydrogen-bond donors (Lipinski definition) is 2. The Kier molecular flexibility index (Phi) is 4.63. The number of ketones is 1. The second-order valence-corrected chi connectivity index (χ2v) is 5.42. The number of phenols is 1. The van der Waals surface area contributed by atoms with Crippen LogP contribution in [0.25, 0.3) is 0 Å². The molecule has 0 amide bonds. The van der Waals surface area contributed by atoms with Crippen LogP contribution in [0.2, 0.25) is 0 Å². The van der Waals surface area contributed by atoms with Gasteiger partial charge in [0.15, 0.2) is 5.78 Å². The van der Waals surface area contributed by atoms with Crippen molar-refractivity contribution in [1.29, 1.82) is 0 Å². The Balaban J connectivity index is 1.95. The van der Waals surface area contributed by atoms with Gasteiger partial charge in [-0.25, -0.2) is 0 Å². The standard InChI is InChI=1S/C18H21NO2/c1-12-4-7-17(20)16(10-12)18(21)8-9-19-15-6-5-13(2)14(3)11-15/h4-7,10-11,19-20H,8-9H2,1-3H3. The average molecular weight is 283 g/mol. The normalized spacial score (nSPS) is 10.4. The molecule has 110 valence electrons. The first-order valence-corrected chi connectivity index (χ1v) is 7.11. The van der Waals surface area contributed by atoms with Crippen molar-refractivity contribution < 1.29 is 9.90 Å². The van der Waals surface area contributed by atoms with Crippen molar-refractivity contribution in [3.63, 3.8) is 0 Å². The third-order valence-electron chi connectivity index (χ3n) is 3.64. The molecule has 0 aliphatic rings. The second-order valence-electron chi connectivity index (χ2n) is 5.42. The van der Waals surface area contributed by atoms with Crippen LogP contribution >= 0.6 is 0 Å². The zero-order valence-corrected chi connectivity index (χ0v) is 12.7. The molecule has 3 heteroatoms. The van der Waals surface area contributed by atoms with Gasteiger partial charge in [-0.15, -0.1) is 0 Å². The average Bonchev–Trinajstić information content (AvgIpc) is 2.45. The van der Waals surface area contributed by atoms with Crippen LogP contribution in [0.3, 0.4) is 0 Å². The van der Waals surface area contributed by atoms with Crippen LogP contribution in [0.5, 0.6) is 5.75 Å². The lowest BCUT2D eigenvalue weighted by atomic mass is 10.0. The molecule has 0 spiro atoms. The summed E-state index contributed by atoms with van der Waals surface area (Å²) >= 11 is 0. The van der Waals surface area contributed by atoms with E-state index in [0.29, 0.717) is 18.5 Å². The van der Waals surface area contributed by atoms with E-state index in [1.807, 2.05) is 13.0 Å². The molecule has 0 aromatic heterocycles. The number of carbonyl (C=O) groups is 1. The Hall–Kier alpha value is -2.29. The largest absolute Gasteiger partial charge is 0.507 e. The second kappa shape index (κ2) is 6.44.